The van der Waals surface area contributed by atoms with Crippen molar-refractivity contribution < 1.29 is 9.47 Å². The Bertz CT molecular complexity index is 88.6. The quantitative estimate of drug-likeness (QED) is 0.560. The van der Waals surface area contributed by atoms with Gasteiger partial charge >= 0.3 is 0 Å². The van der Waals surface area contributed by atoms with Crippen molar-refractivity contribution in [2.24, 2.45) is 11.7 Å². The molecular formula is C9H21NO2. The Morgan fingerprint density at radius 3 is 2.67 bits per heavy atom. The van der Waals surface area contributed by atoms with Crippen LogP contribution in [-0.4, -0.2) is 33.5 Å². The first-order valence-corrected chi connectivity index (χ1v) is 4.58. The van der Waals surface area contributed by atoms with Gasteiger partial charge in [-0.2, -0.15) is 0 Å². The minimum atomic E-state index is 0.591. The first kappa shape index (κ1) is 11.9. The second-order valence-corrected chi connectivity index (χ2v) is 3.10. The van der Waals surface area contributed by atoms with Gasteiger partial charge in [-0.3, -0.25) is 0 Å². The molecule has 1 atom stereocenters. The molecule has 0 aromatic heterocycles. The summed E-state index contributed by atoms with van der Waals surface area (Å²) in [5, 5.41) is 0. The fraction of sp³-hybridized carbons (Fsp3) is 1.00. The Hall–Kier alpha value is -0.120. The fourth-order valence-electron chi connectivity index (χ4n) is 0.940. The van der Waals surface area contributed by atoms with Gasteiger partial charge in [-0.05, 0) is 25.3 Å². The van der Waals surface area contributed by atoms with Crippen LogP contribution in [0, 0.1) is 5.92 Å². The summed E-state index contributed by atoms with van der Waals surface area (Å²) in [6, 6.07) is 0. The van der Waals surface area contributed by atoms with Crippen molar-refractivity contribution in [2.75, 3.05) is 33.5 Å². The van der Waals surface area contributed by atoms with Crippen molar-refractivity contribution in [3.63, 3.8) is 0 Å². The van der Waals surface area contributed by atoms with Gasteiger partial charge in [0.15, 0.2) is 0 Å². The zero-order valence-electron chi connectivity index (χ0n) is 8.21. The lowest BCUT2D eigenvalue weighted by Gasteiger charge is -2.09. The van der Waals surface area contributed by atoms with E-state index in [-0.39, 0.29) is 0 Å². The van der Waals surface area contributed by atoms with E-state index in [2.05, 4.69) is 6.92 Å². The van der Waals surface area contributed by atoms with E-state index in [1.807, 2.05) is 0 Å². The fourth-order valence-corrected chi connectivity index (χ4v) is 0.940. The summed E-state index contributed by atoms with van der Waals surface area (Å²) in [6.07, 6.45) is 2.02. The van der Waals surface area contributed by atoms with Crippen LogP contribution in [0.3, 0.4) is 0 Å². The third-order valence-corrected chi connectivity index (χ3v) is 1.70. The van der Waals surface area contributed by atoms with Crippen molar-refractivity contribution in [3.05, 3.63) is 0 Å². The first-order valence-electron chi connectivity index (χ1n) is 4.58. The van der Waals surface area contributed by atoms with Gasteiger partial charge in [0.1, 0.15) is 0 Å². The van der Waals surface area contributed by atoms with Gasteiger partial charge < -0.3 is 15.2 Å². The van der Waals surface area contributed by atoms with Gasteiger partial charge in [-0.25, -0.2) is 0 Å². The summed E-state index contributed by atoms with van der Waals surface area (Å²) in [4.78, 5) is 0. The molecule has 0 saturated heterocycles. The van der Waals surface area contributed by atoms with Crippen LogP contribution in [0.1, 0.15) is 19.8 Å². The molecule has 3 nitrogen and oxygen atoms in total. The van der Waals surface area contributed by atoms with Gasteiger partial charge in [-0.15, -0.1) is 0 Å². The zero-order chi connectivity index (χ0) is 9.23. The number of rotatable bonds is 8. The van der Waals surface area contributed by atoms with Crippen LogP contribution in [0.5, 0.6) is 0 Å². The van der Waals surface area contributed by atoms with Crippen molar-refractivity contribution in [1.29, 1.82) is 0 Å². The van der Waals surface area contributed by atoms with Crippen LogP contribution in [0.4, 0.5) is 0 Å². The SMILES string of the molecule is COCC(C)CCOCCCN. The predicted octanol–water partition coefficient (Wildman–Crippen LogP) is 1.02. The van der Waals surface area contributed by atoms with Crippen LogP contribution in [-0.2, 0) is 9.47 Å². The molecule has 3 heteroatoms. The molecule has 74 valence electrons. The molecule has 0 radical (unpaired) electrons. The highest BCUT2D eigenvalue weighted by Gasteiger charge is 1.99. The van der Waals surface area contributed by atoms with Gasteiger partial charge in [0.05, 0.1) is 0 Å². The van der Waals surface area contributed by atoms with Gasteiger partial charge in [0.2, 0.25) is 0 Å². The smallest absolute Gasteiger partial charge is 0.0488 e. The molecule has 0 spiro atoms. The van der Waals surface area contributed by atoms with Crippen LogP contribution in [0.2, 0.25) is 0 Å². The van der Waals surface area contributed by atoms with Crippen LogP contribution in [0.25, 0.3) is 0 Å². The summed E-state index contributed by atoms with van der Waals surface area (Å²) >= 11 is 0. The molecule has 0 rings (SSSR count). The molecule has 0 aliphatic heterocycles. The molecule has 0 saturated carbocycles. The number of methoxy groups -OCH3 is 1. The standard InChI is InChI=1S/C9H21NO2/c1-9(8-11-2)4-7-12-6-3-5-10/h9H,3-8,10H2,1-2H3. The number of nitrogens with two attached hydrogens (primary N) is 1. The molecule has 0 heterocycles. The van der Waals surface area contributed by atoms with Crippen LogP contribution < -0.4 is 5.73 Å². The third-order valence-electron chi connectivity index (χ3n) is 1.70. The molecule has 0 fully saturated rings. The molecule has 0 bridgehead atoms. The Morgan fingerprint density at radius 2 is 2.08 bits per heavy atom. The Morgan fingerprint density at radius 1 is 1.33 bits per heavy atom. The second-order valence-electron chi connectivity index (χ2n) is 3.10. The van der Waals surface area contributed by atoms with E-state index >= 15 is 0 Å². The zero-order valence-corrected chi connectivity index (χ0v) is 8.21. The van der Waals surface area contributed by atoms with Crippen molar-refractivity contribution in [3.8, 4) is 0 Å². The molecule has 0 aromatic carbocycles. The lowest BCUT2D eigenvalue weighted by atomic mass is 10.1. The summed E-state index contributed by atoms with van der Waals surface area (Å²) in [5.41, 5.74) is 5.32. The van der Waals surface area contributed by atoms with Crippen molar-refractivity contribution in [1.82, 2.24) is 0 Å². The van der Waals surface area contributed by atoms with Crippen LogP contribution in [0.15, 0.2) is 0 Å². The van der Waals surface area contributed by atoms with E-state index in [4.69, 9.17) is 15.2 Å². The van der Waals surface area contributed by atoms with E-state index in [1.165, 1.54) is 0 Å². The molecule has 0 aliphatic carbocycles. The highest BCUT2D eigenvalue weighted by atomic mass is 16.5. The average Bonchev–Trinajstić information content (AvgIpc) is 2.05. The maximum absolute atomic E-state index is 5.36. The number of hydrogen-bond donors (Lipinski definition) is 1. The maximum Gasteiger partial charge on any atom is 0.0488 e. The Labute approximate surface area is 75.2 Å². The molecule has 1 unspecified atom stereocenters. The minimum Gasteiger partial charge on any atom is -0.384 e. The predicted molar refractivity (Wildman–Crippen MR) is 50.1 cm³/mol. The van der Waals surface area contributed by atoms with E-state index in [9.17, 15) is 0 Å². The molecule has 2 N–H and O–H groups in total. The highest BCUT2D eigenvalue weighted by molar-refractivity contribution is 4.49. The van der Waals surface area contributed by atoms with Gasteiger partial charge in [0, 0.05) is 26.9 Å². The highest BCUT2D eigenvalue weighted by Crippen LogP contribution is 2.01. The van der Waals surface area contributed by atoms with Gasteiger partial charge in [-0.1, -0.05) is 6.92 Å². The topological polar surface area (TPSA) is 44.5 Å². The lowest BCUT2D eigenvalue weighted by Crippen LogP contribution is -2.09. The molecular weight excluding hydrogens is 154 g/mol. The average molecular weight is 175 g/mol. The minimum absolute atomic E-state index is 0.591. The summed E-state index contributed by atoms with van der Waals surface area (Å²) < 4.78 is 10.4. The van der Waals surface area contributed by atoms with Crippen molar-refractivity contribution >= 4 is 0 Å². The van der Waals surface area contributed by atoms with E-state index in [1.54, 1.807) is 7.11 Å². The van der Waals surface area contributed by atoms with Crippen LogP contribution >= 0.6 is 0 Å². The third kappa shape index (κ3) is 7.98. The summed E-state index contributed by atoms with van der Waals surface area (Å²) in [7, 11) is 1.73. The lowest BCUT2D eigenvalue weighted by molar-refractivity contribution is 0.0970. The number of ether oxygens (including phenoxy) is 2. The van der Waals surface area contributed by atoms with E-state index in [0.717, 1.165) is 32.7 Å². The molecule has 12 heavy (non-hydrogen) atoms. The second kappa shape index (κ2) is 8.97. The van der Waals surface area contributed by atoms with Gasteiger partial charge in [0.25, 0.3) is 0 Å². The monoisotopic (exact) mass is 175 g/mol. The molecule has 0 aromatic rings. The summed E-state index contributed by atoms with van der Waals surface area (Å²) in [6.45, 7) is 5.31. The normalized spacial score (nSPS) is 13.2. The van der Waals surface area contributed by atoms with E-state index in [0.29, 0.717) is 12.5 Å². The Kier molecular flexibility index (Phi) is 8.88. The largest absolute Gasteiger partial charge is 0.384 e. The Balaban J connectivity index is 2.97. The summed E-state index contributed by atoms with van der Waals surface area (Å²) in [5.74, 6) is 0.591. The first-order chi connectivity index (χ1) is 5.81. The number of hydrogen-bond acceptors (Lipinski definition) is 3. The van der Waals surface area contributed by atoms with E-state index < -0.39 is 0 Å². The van der Waals surface area contributed by atoms with Crippen molar-refractivity contribution in [2.45, 2.75) is 19.8 Å². The molecule has 0 amide bonds. The maximum atomic E-state index is 5.36. The molecule has 0 aliphatic rings.